The Morgan fingerprint density at radius 3 is 2.93 bits per heavy atom. The summed E-state index contributed by atoms with van der Waals surface area (Å²) >= 11 is 1.71. The average Bonchev–Trinajstić information content (AvgIpc) is 2.73. The van der Waals surface area contributed by atoms with Gasteiger partial charge in [-0.05, 0) is 18.4 Å². The lowest BCUT2D eigenvalue weighted by atomic mass is 10.4. The zero-order valence-corrected chi connectivity index (χ0v) is 9.76. The molecule has 1 aromatic heterocycles. The van der Waals surface area contributed by atoms with E-state index in [0.29, 0.717) is 29.9 Å². The molecule has 5 heteroatoms. The Kier molecular flexibility index (Phi) is 4.71. The number of hydrogen-bond donors (Lipinski definition) is 2. The van der Waals surface area contributed by atoms with E-state index in [1.807, 2.05) is 6.26 Å². The molecular formula is C10H16N2O2S. The van der Waals surface area contributed by atoms with Crippen molar-refractivity contribution < 1.29 is 9.21 Å². The van der Waals surface area contributed by atoms with E-state index in [4.69, 9.17) is 10.2 Å². The number of furan rings is 1. The quantitative estimate of drug-likeness (QED) is 0.795. The van der Waals surface area contributed by atoms with E-state index in [2.05, 4.69) is 12.2 Å². The van der Waals surface area contributed by atoms with Crippen molar-refractivity contribution in [2.45, 2.75) is 18.7 Å². The molecule has 3 N–H and O–H groups in total. The van der Waals surface area contributed by atoms with Crippen LogP contribution in [-0.4, -0.2) is 24.0 Å². The van der Waals surface area contributed by atoms with Crippen LogP contribution in [0.3, 0.4) is 0 Å². The third-order valence-electron chi connectivity index (χ3n) is 2.04. The number of amides is 1. The predicted molar refractivity (Wildman–Crippen MR) is 61.9 cm³/mol. The van der Waals surface area contributed by atoms with Gasteiger partial charge in [0, 0.05) is 11.8 Å². The monoisotopic (exact) mass is 228 g/mol. The lowest BCUT2D eigenvalue weighted by Gasteiger charge is -2.08. The first-order valence-electron chi connectivity index (χ1n) is 4.77. The van der Waals surface area contributed by atoms with Crippen LogP contribution in [0.15, 0.2) is 16.5 Å². The van der Waals surface area contributed by atoms with Gasteiger partial charge in [0.25, 0.3) is 5.91 Å². The molecule has 15 heavy (non-hydrogen) atoms. The molecule has 1 unspecified atom stereocenters. The molecule has 0 fully saturated rings. The second-order valence-electron chi connectivity index (χ2n) is 3.23. The molecule has 0 saturated heterocycles. The van der Waals surface area contributed by atoms with Gasteiger partial charge in [-0.15, -0.1) is 0 Å². The molecular weight excluding hydrogens is 212 g/mol. The van der Waals surface area contributed by atoms with Crippen LogP contribution in [-0.2, 0) is 6.54 Å². The number of rotatable bonds is 5. The van der Waals surface area contributed by atoms with Gasteiger partial charge in [-0.1, -0.05) is 6.92 Å². The smallest absolute Gasteiger partial charge is 0.287 e. The van der Waals surface area contributed by atoms with Crippen LogP contribution in [0.5, 0.6) is 0 Å². The summed E-state index contributed by atoms with van der Waals surface area (Å²) in [6.07, 6.45) is 2.01. The molecule has 1 aromatic rings. The van der Waals surface area contributed by atoms with Crippen molar-refractivity contribution in [3.63, 3.8) is 0 Å². The standard InChI is InChI=1S/C10H16N2O2S/c1-7(15-2)6-12-10(13)9-4-3-8(5-11)14-9/h3-4,7H,5-6,11H2,1-2H3,(H,12,13). The molecule has 0 aromatic carbocycles. The minimum atomic E-state index is -0.185. The van der Waals surface area contributed by atoms with Crippen molar-refractivity contribution >= 4 is 17.7 Å². The lowest BCUT2D eigenvalue weighted by molar-refractivity contribution is 0.0925. The Morgan fingerprint density at radius 2 is 2.40 bits per heavy atom. The summed E-state index contributed by atoms with van der Waals surface area (Å²) in [5, 5.41) is 3.19. The van der Waals surface area contributed by atoms with Crippen molar-refractivity contribution in [3.05, 3.63) is 23.7 Å². The van der Waals surface area contributed by atoms with Gasteiger partial charge >= 0.3 is 0 Å². The zero-order valence-electron chi connectivity index (χ0n) is 8.95. The normalized spacial score (nSPS) is 12.5. The Labute approximate surface area is 93.6 Å². The van der Waals surface area contributed by atoms with Gasteiger partial charge in [-0.2, -0.15) is 11.8 Å². The maximum absolute atomic E-state index is 11.5. The molecule has 0 radical (unpaired) electrons. The van der Waals surface area contributed by atoms with Crippen LogP contribution in [0.25, 0.3) is 0 Å². The topological polar surface area (TPSA) is 68.3 Å². The SMILES string of the molecule is CSC(C)CNC(=O)c1ccc(CN)o1. The number of nitrogens with two attached hydrogens (primary N) is 1. The summed E-state index contributed by atoms with van der Waals surface area (Å²) in [7, 11) is 0. The third kappa shape index (κ3) is 3.60. The molecule has 1 amide bonds. The molecule has 1 rings (SSSR count). The molecule has 1 atom stereocenters. The number of carbonyl (C=O) groups is 1. The Morgan fingerprint density at radius 1 is 1.67 bits per heavy atom. The highest BCUT2D eigenvalue weighted by Crippen LogP contribution is 2.07. The van der Waals surface area contributed by atoms with Crippen molar-refractivity contribution in [2.75, 3.05) is 12.8 Å². The van der Waals surface area contributed by atoms with Crippen molar-refractivity contribution in [2.24, 2.45) is 5.73 Å². The van der Waals surface area contributed by atoms with Crippen LogP contribution < -0.4 is 11.1 Å². The van der Waals surface area contributed by atoms with Gasteiger partial charge in [-0.25, -0.2) is 0 Å². The number of nitrogens with one attached hydrogen (secondary N) is 1. The zero-order chi connectivity index (χ0) is 11.3. The number of hydrogen-bond acceptors (Lipinski definition) is 4. The van der Waals surface area contributed by atoms with Gasteiger partial charge in [0.1, 0.15) is 5.76 Å². The second-order valence-corrected chi connectivity index (χ2v) is 4.50. The minimum absolute atomic E-state index is 0.185. The van der Waals surface area contributed by atoms with E-state index in [-0.39, 0.29) is 5.91 Å². The summed E-state index contributed by atoms with van der Waals surface area (Å²) in [6, 6.07) is 3.36. The molecule has 0 spiro atoms. The fraction of sp³-hybridized carbons (Fsp3) is 0.500. The van der Waals surface area contributed by atoms with E-state index in [9.17, 15) is 4.79 Å². The first-order valence-corrected chi connectivity index (χ1v) is 6.06. The summed E-state index contributed by atoms with van der Waals surface area (Å²) in [6.45, 7) is 3.01. The Hall–Kier alpha value is -0.940. The van der Waals surface area contributed by atoms with Gasteiger partial charge in [0.15, 0.2) is 5.76 Å². The summed E-state index contributed by atoms with van der Waals surface area (Å²) in [4.78, 5) is 11.5. The first kappa shape index (κ1) is 12.1. The molecule has 1 heterocycles. The van der Waals surface area contributed by atoms with E-state index in [1.165, 1.54) is 0 Å². The minimum Gasteiger partial charge on any atom is -0.455 e. The highest BCUT2D eigenvalue weighted by atomic mass is 32.2. The van der Waals surface area contributed by atoms with Crippen LogP contribution in [0.1, 0.15) is 23.2 Å². The lowest BCUT2D eigenvalue weighted by Crippen LogP contribution is -2.28. The average molecular weight is 228 g/mol. The van der Waals surface area contributed by atoms with Crippen molar-refractivity contribution in [1.29, 1.82) is 0 Å². The molecule has 4 nitrogen and oxygen atoms in total. The van der Waals surface area contributed by atoms with E-state index < -0.39 is 0 Å². The number of thioether (sulfide) groups is 1. The highest BCUT2D eigenvalue weighted by Gasteiger charge is 2.11. The van der Waals surface area contributed by atoms with E-state index >= 15 is 0 Å². The van der Waals surface area contributed by atoms with Crippen LogP contribution in [0, 0.1) is 0 Å². The van der Waals surface area contributed by atoms with Crippen molar-refractivity contribution in [1.82, 2.24) is 5.32 Å². The molecule has 0 aliphatic heterocycles. The molecule has 84 valence electrons. The van der Waals surface area contributed by atoms with Crippen molar-refractivity contribution in [3.8, 4) is 0 Å². The molecule has 0 bridgehead atoms. The fourth-order valence-electron chi connectivity index (χ4n) is 1.02. The highest BCUT2D eigenvalue weighted by molar-refractivity contribution is 7.99. The van der Waals surface area contributed by atoms with E-state index in [0.717, 1.165) is 0 Å². The largest absolute Gasteiger partial charge is 0.455 e. The summed E-state index contributed by atoms with van der Waals surface area (Å²) in [5.41, 5.74) is 5.38. The van der Waals surface area contributed by atoms with Gasteiger partial charge < -0.3 is 15.5 Å². The number of carbonyl (C=O) groups excluding carboxylic acids is 1. The van der Waals surface area contributed by atoms with Gasteiger partial charge in [0.2, 0.25) is 0 Å². The van der Waals surface area contributed by atoms with Crippen LogP contribution in [0.2, 0.25) is 0 Å². The maximum Gasteiger partial charge on any atom is 0.287 e. The Bertz CT molecular complexity index is 325. The Balaban J connectivity index is 2.46. The maximum atomic E-state index is 11.5. The first-order chi connectivity index (χ1) is 7.17. The van der Waals surface area contributed by atoms with Gasteiger partial charge in [0.05, 0.1) is 6.54 Å². The predicted octanol–water partition coefficient (Wildman–Crippen LogP) is 1.22. The summed E-state index contributed by atoms with van der Waals surface area (Å²) in [5.74, 6) is 0.761. The summed E-state index contributed by atoms with van der Waals surface area (Å²) < 4.78 is 5.22. The second kappa shape index (κ2) is 5.82. The molecule has 0 saturated carbocycles. The fourth-order valence-corrected chi connectivity index (χ4v) is 1.27. The third-order valence-corrected chi connectivity index (χ3v) is 3.01. The van der Waals surface area contributed by atoms with Crippen LogP contribution in [0.4, 0.5) is 0 Å². The van der Waals surface area contributed by atoms with Crippen LogP contribution >= 0.6 is 11.8 Å². The molecule has 0 aliphatic carbocycles. The van der Waals surface area contributed by atoms with E-state index in [1.54, 1.807) is 23.9 Å². The molecule has 0 aliphatic rings. The van der Waals surface area contributed by atoms with Gasteiger partial charge in [-0.3, -0.25) is 4.79 Å².